The molecule has 0 unspecified atom stereocenters. The Kier molecular flexibility index (Phi) is 7.00. The Morgan fingerprint density at radius 3 is 2.51 bits per heavy atom. The summed E-state index contributed by atoms with van der Waals surface area (Å²) in [5.74, 6) is -1.15. The number of benzene rings is 3. The molecule has 0 spiro atoms. The zero-order valence-electron chi connectivity index (χ0n) is 19.7. The van der Waals surface area contributed by atoms with E-state index in [1.807, 2.05) is 24.3 Å². The molecule has 0 bridgehead atoms. The number of hydrazone groups is 1. The second kappa shape index (κ2) is 10.5. The molecule has 1 N–H and O–H groups in total. The highest BCUT2D eigenvalue weighted by atomic mass is 32.2. The van der Waals surface area contributed by atoms with Gasteiger partial charge in [-0.05, 0) is 59.7 Å². The van der Waals surface area contributed by atoms with Crippen molar-refractivity contribution in [1.29, 1.82) is 0 Å². The molecule has 188 valence electrons. The number of methoxy groups -OCH3 is 1. The van der Waals surface area contributed by atoms with E-state index in [4.69, 9.17) is 9.84 Å². The van der Waals surface area contributed by atoms with Gasteiger partial charge in [-0.3, -0.25) is 9.59 Å². The molecule has 0 aliphatic carbocycles. The van der Waals surface area contributed by atoms with Crippen molar-refractivity contribution in [2.75, 3.05) is 12.4 Å². The zero-order valence-corrected chi connectivity index (χ0v) is 20.5. The van der Waals surface area contributed by atoms with Crippen molar-refractivity contribution >= 4 is 40.1 Å². The minimum absolute atomic E-state index is 0.0498. The van der Waals surface area contributed by atoms with Crippen molar-refractivity contribution in [3.05, 3.63) is 95.6 Å². The molecule has 2 aliphatic rings. The number of halogens is 2. The maximum atomic E-state index is 13.9. The normalized spacial score (nSPS) is 19.0. The Hall–Kier alpha value is -4.05. The third-order valence-electron chi connectivity index (χ3n) is 6.03. The van der Waals surface area contributed by atoms with Crippen LogP contribution >= 0.6 is 11.8 Å². The molecule has 3 aromatic carbocycles. The molecule has 2 heterocycles. The first-order valence-corrected chi connectivity index (χ1v) is 12.4. The van der Waals surface area contributed by atoms with E-state index < -0.39 is 22.9 Å². The molecule has 2 atom stereocenters. The van der Waals surface area contributed by atoms with Gasteiger partial charge in [0.05, 0.1) is 24.6 Å². The maximum Gasteiger partial charge on any atom is 0.262 e. The molecule has 2 amide bonds. The molecule has 7 nitrogen and oxygen atoms in total. The van der Waals surface area contributed by atoms with Crippen LogP contribution in [0.3, 0.4) is 0 Å². The van der Waals surface area contributed by atoms with Gasteiger partial charge in [-0.25, -0.2) is 13.8 Å². The minimum atomic E-state index is -0.768. The fourth-order valence-corrected chi connectivity index (χ4v) is 5.19. The minimum Gasteiger partial charge on any atom is -0.497 e. The molecule has 0 saturated carbocycles. The van der Waals surface area contributed by atoms with Crippen LogP contribution in [-0.4, -0.2) is 40.1 Å². The summed E-state index contributed by atoms with van der Waals surface area (Å²) in [5, 5.41) is 8.51. The van der Waals surface area contributed by atoms with Gasteiger partial charge >= 0.3 is 0 Å². The number of para-hydroxylation sites is 1. The summed E-state index contributed by atoms with van der Waals surface area (Å²) in [6.45, 7) is 0. The summed E-state index contributed by atoms with van der Waals surface area (Å²) in [4.78, 5) is 29.4. The van der Waals surface area contributed by atoms with Gasteiger partial charge in [-0.1, -0.05) is 36.0 Å². The lowest BCUT2D eigenvalue weighted by atomic mass is 9.98. The van der Waals surface area contributed by atoms with E-state index in [2.05, 4.69) is 10.3 Å². The van der Waals surface area contributed by atoms with Crippen LogP contribution in [0.1, 0.15) is 30.0 Å². The predicted molar refractivity (Wildman–Crippen MR) is 139 cm³/mol. The number of rotatable bonds is 6. The smallest absolute Gasteiger partial charge is 0.262 e. The molecule has 0 fully saturated rings. The first kappa shape index (κ1) is 24.6. The lowest BCUT2D eigenvalue weighted by Gasteiger charge is -2.23. The van der Waals surface area contributed by atoms with Gasteiger partial charge in [0.15, 0.2) is 5.17 Å². The number of anilines is 1. The first-order valence-electron chi connectivity index (χ1n) is 11.5. The standard InChI is InChI=1S/C27H22F2N4O3S/c1-36-19-12-8-16(9-13-19)22-14-23(17-6-10-18(28)11-7-17)33(32-22)27-31-26(35)24(37-27)15-25(34)30-21-5-3-2-4-20(21)29/h2-13,23-24H,14-15H2,1H3,(H,30,34)/t23-,24+/m0/s1. The van der Waals surface area contributed by atoms with E-state index in [0.29, 0.717) is 17.3 Å². The molecule has 0 aromatic heterocycles. The Labute approximate surface area is 216 Å². The predicted octanol–water partition coefficient (Wildman–Crippen LogP) is 5.15. The van der Waals surface area contributed by atoms with Crippen molar-refractivity contribution in [2.24, 2.45) is 10.1 Å². The number of hydrogen-bond acceptors (Lipinski definition) is 6. The number of hydrogen-bond donors (Lipinski definition) is 1. The molecule has 3 aromatic rings. The Balaban J connectivity index is 1.36. The van der Waals surface area contributed by atoms with Crippen LogP contribution < -0.4 is 10.1 Å². The van der Waals surface area contributed by atoms with Crippen molar-refractivity contribution in [2.45, 2.75) is 24.1 Å². The number of amidine groups is 1. The van der Waals surface area contributed by atoms with Crippen molar-refractivity contribution in [3.8, 4) is 5.75 Å². The van der Waals surface area contributed by atoms with Gasteiger partial charge in [0.1, 0.15) is 22.6 Å². The Morgan fingerprint density at radius 2 is 1.81 bits per heavy atom. The van der Waals surface area contributed by atoms with Crippen LogP contribution in [0.15, 0.2) is 82.9 Å². The Bertz CT molecular complexity index is 1390. The monoisotopic (exact) mass is 520 g/mol. The second-order valence-corrected chi connectivity index (χ2v) is 9.63. The fourth-order valence-electron chi connectivity index (χ4n) is 4.13. The number of carbonyl (C=O) groups is 2. The summed E-state index contributed by atoms with van der Waals surface area (Å²) < 4.78 is 32.7. The highest BCUT2D eigenvalue weighted by Crippen LogP contribution is 2.38. The van der Waals surface area contributed by atoms with E-state index in [9.17, 15) is 18.4 Å². The van der Waals surface area contributed by atoms with Gasteiger partial charge in [-0.15, -0.1) is 0 Å². The molecular formula is C27H22F2N4O3S. The van der Waals surface area contributed by atoms with Gasteiger partial charge in [-0.2, -0.15) is 10.1 Å². The first-order chi connectivity index (χ1) is 17.9. The lowest BCUT2D eigenvalue weighted by molar-refractivity contribution is -0.121. The average Bonchev–Trinajstić information content (AvgIpc) is 3.50. The molecule has 5 rings (SSSR count). The van der Waals surface area contributed by atoms with Crippen LogP contribution in [0, 0.1) is 11.6 Å². The summed E-state index contributed by atoms with van der Waals surface area (Å²) >= 11 is 1.13. The highest BCUT2D eigenvalue weighted by Gasteiger charge is 2.39. The van der Waals surface area contributed by atoms with Crippen molar-refractivity contribution in [1.82, 2.24) is 5.01 Å². The average molecular weight is 521 g/mol. The van der Waals surface area contributed by atoms with E-state index >= 15 is 0 Å². The van der Waals surface area contributed by atoms with Crippen molar-refractivity contribution in [3.63, 3.8) is 0 Å². The quantitative estimate of drug-likeness (QED) is 0.486. The van der Waals surface area contributed by atoms with Crippen LogP contribution in [-0.2, 0) is 9.59 Å². The van der Waals surface area contributed by atoms with Gasteiger partial charge < -0.3 is 10.1 Å². The third kappa shape index (κ3) is 5.39. The molecule has 0 radical (unpaired) electrons. The summed E-state index contributed by atoms with van der Waals surface area (Å²) in [6, 6.07) is 19.1. The summed E-state index contributed by atoms with van der Waals surface area (Å²) in [7, 11) is 1.59. The summed E-state index contributed by atoms with van der Waals surface area (Å²) in [6.07, 6.45) is 0.332. The van der Waals surface area contributed by atoms with Crippen LogP contribution in [0.25, 0.3) is 0 Å². The Morgan fingerprint density at radius 1 is 1.08 bits per heavy atom. The number of thioether (sulfide) groups is 1. The highest BCUT2D eigenvalue weighted by molar-refractivity contribution is 8.15. The number of amides is 2. The van der Waals surface area contributed by atoms with Gasteiger partial charge in [0.2, 0.25) is 5.91 Å². The van der Waals surface area contributed by atoms with Gasteiger partial charge in [0, 0.05) is 12.8 Å². The van der Waals surface area contributed by atoms with Crippen LogP contribution in [0.5, 0.6) is 5.75 Å². The molecule has 0 saturated heterocycles. The van der Waals surface area contributed by atoms with Crippen LogP contribution in [0.4, 0.5) is 14.5 Å². The largest absolute Gasteiger partial charge is 0.497 e. The SMILES string of the molecule is COc1ccc(C2=NN(C3=NC(=O)[C@@H](CC(=O)Nc4ccccc4F)S3)[C@H](c3ccc(F)cc3)C2)cc1. The third-order valence-corrected chi connectivity index (χ3v) is 7.17. The maximum absolute atomic E-state index is 13.9. The van der Waals surface area contributed by atoms with E-state index in [1.165, 1.54) is 30.3 Å². The van der Waals surface area contributed by atoms with E-state index in [0.717, 1.165) is 28.6 Å². The zero-order chi connectivity index (χ0) is 25.9. The van der Waals surface area contributed by atoms with Crippen LogP contribution in [0.2, 0.25) is 0 Å². The number of nitrogens with zero attached hydrogens (tertiary/aromatic N) is 3. The number of ether oxygens (including phenoxy) is 1. The number of carbonyl (C=O) groups excluding carboxylic acids is 2. The lowest BCUT2D eigenvalue weighted by Crippen LogP contribution is -2.25. The molecule has 37 heavy (non-hydrogen) atoms. The summed E-state index contributed by atoms with van der Waals surface area (Å²) in [5.41, 5.74) is 2.51. The number of nitrogens with one attached hydrogen (secondary N) is 1. The van der Waals surface area contributed by atoms with E-state index in [1.54, 1.807) is 30.3 Å². The van der Waals surface area contributed by atoms with Crippen molar-refractivity contribution < 1.29 is 23.1 Å². The topological polar surface area (TPSA) is 83.4 Å². The van der Waals surface area contributed by atoms with Gasteiger partial charge in [0.25, 0.3) is 5.91 Å². The second-order valence-electron chi connectivity index (χ2n) is 8.46. The van der Waals surface area contributed by atoms with E-state index in [-0.39, 0.29) is 24.0 Å². The number of aliphatic imine (C=N–C) groups is 1. The fraction of sp³-hybridized carbons (Fsp3) is 0.185. The molecule has 10 heteroatoms. The molecular weight excluding hydrogens is 498 g/mol. The molecule has 2 aliphatic heterocycles.